The van der Waals surface area contributed by atoms with Crippen LogP contribution in [0, 0.1) is 0 Å². The van der Waals surface area contributed by atoms with Crippen molar-refractivity contribution in [2.75, 3.05) is 0 Å². The minimum Gasteiger partial charge on any atom is -0.295 e. The van der Waals surface area contributed by atoms with E-state index in [2.05, 4.69) is 24.6 Å². The van der Waals surface area contributed by atoms with Crippen LogP contribution in [-0.2, 0) is 9.59 Å². The molecule has 1 unspecified atom stereocenters. The van der Waals surface area contributed by atoms with Crippen molar-refractivity contribution in [3.05, 3.63) is 21.5 Å². The molecule has 2 aliphatic heterocycles. The van der Waals surface area contributed by atoms with Gasteiger partial charge in [-0.1, -0.05) is 20.7 Å². The van der Waals surface area contributed by atoms with Crippen molar-refractivity contribution in [1.82, 2.24) is 15.1 Å². The average Bonchev–Trinajstić information content (AvgIpc) is 2.72. The SMILES string of the molecule is O=C1CCC(n2cc3c(n2)C=IC=C3)C(=O)N1. The van der Waals surface area contributed by atoms with E-state index in [1.54, 1.807) is 4.68 Å². The Balaban J connectivity index is 1.92. The van der Waals surface area contributed by atoms with E-state index in [-0.39, 0.29) is 38.6 Å². The van der Waals surface area contributed by atoms with Gasteiger partial charge in [-0.25, -0.2) is 0 Å². The van der Waals surface area contributed by atoms with Crippen LogP contribution in [0.4, 0.5) is 0 Å². The number of amides is 2. The van der Waals surface area contributed by atoms with E-state index in [0.717, 1.165) is 11.3 Å². The molecule has 1 N–H and O–H groups in total. The Morgan fingerprint density at radius 3 is 3.12 bits per heavy atom. The van der Waals surface area contributed by atoms with Crippen LogP contribution in [0.15, 0.2) is 10.3 Å². The Kier molecular flexibility index (Phi) is 2.65. The third kappa shape index (κ3) is 1.97. The van der Waals surface area contributed by atoms with Gasteiger partial charge in [0.2, 0.25) is 5.91 Å². The van der Waals surface area contributed by atoms with Gasteiger partial charge in [0.05, 0.1) is 5.69 Å². The van der Waals surface area contributed by atoms with Gasteiger partial charge in [0.15, 0.2) is 0 Å². The minimum atomic E-state index is -0.349. The Hall–Kier alpha value is -1.31. The highest BCUT2D eigenvalue weighted by molar-refractivity contribution is 14.2. The molecule has 0 bridgehead atoms. The molecule has 1 fully saturated rings. The molecule has 0 spiro atoms. The zero-order chi connectivity index (χ0) is 11.8. The Morgan fingerprint density at radius 2 is 2.35 bits per heavy atom. The van der Waals surface area contributed by atoms with Gasteiger partial charge < -0.3 is 0 Å². The second-order valence-electron chi connectivity index (χ2n) is 3.94. The number of rotatable bonds is 1. The molecule has 1 aromatic heterocycles. The van der Waals surface area contributed by atoms with Crippen LogP contribution in [0.3, 0.4) is 0 Å². The molecule has 1 aromatic rings. The first-order valence-corrected chi connectivity index (χ1v) is 7.78. The van der Waals surface area contributed by atoms with E-state index >= 15 is 0 Å². The van der Waals surface area contributed by atoms with Gasteiger partial charge in [-0.15, -0.1) is 0 Å². The summed E-state index contributed by atoms with van der Waals surface area (Å²) in [5.41, 5.74) is 2.02. The molecular weight excluding hydrogens is 333 g/mol. The summed E-state index contributed by atoms with van der Waals surface area (Å²) in [5, 5.41) is 6.76. The molecule has 2 amide bonds. The number of imide groups is 1. The standard InChI is InChI=1S/C11H10IN3O2/c16-10-2-1-9(11(17)13-10)15-6-7-3-4-12-5-8(7)14-15/h3-6,9H,1-2H2,(H,13,16,17). The maximum absolute atomic E-state index is 11.7. The van der Waals surface area contributed by atoms with Gasteiger partial charge in [0, 0.05) is 18.2 Å². The number of carbonyl (C=O) groups is 2. The van der Waals surface area contributed by atoms with Crippen molar-refractivity contribution in [2.24, 2.45) is 0 Å². The van der Waals surface area contributed by atoms with Crippen LogP contribution < -0.4 is 5.32 Å². The Morgan fingerprint density at radius 1 is 1.47 bits per heavy atom. The second-order valence-corrected chi connectivity index (χ2v) is 6.01. The topological polar surface area (TPSA) is 64.0 Å². The third-order valence-corrected chi connectivity index (χ3v) is 4.53. The summed E-state index contributed by atoms with van der Waals surface area (Å²) in [4.78, 5) is 22.8. The van der Waals surface area contributed by atoms with E-state index in [1.807, 2.05) is 6.20 Å². The molecule has 17 heavy (non-hydrogen) atoms. The number of fused-ring (bicyclic) bond motifs is 1. The van der Waals surface area contributed by atoms with E-state index in [9.17, 15) is 9.59 Å². The molecule has 2 aliphatic rings. The largest absolute Gasteiger partial charge is 0.295 e. The molecular formula is C11H10IN3O2. The summed E-state index contributed by atoms with van der Waals surface area (Å²) >= 11 is -0.0342. The lowest BCUT2D eigenvalue weighted by Gasteiger charge is -2.20. The highest BCUT2D eigenvalue weighted by Crippen LogP contribution is 2.23. The summed E-state index contributed by atoms with van der Waals surface area (Å²) in [6, 6.07) is -0.349. The van der Waals surface area contributed by atoms with Crippen LogP contribution in [0.25, 0.3) is 6.08 Å². The van der Waals surface area contributed by atoms with Crippen LogP contribution in [-0.4, -0.2) is 25.6 Å². The lowest BCUT2D eigenvalue weighted by Crippen LogP contribution is -2.41. The number of hydrogen-bond acceptors (Lipinski definition) is 3. The third-order valence-electron chi connectivity index (χ3n) is 2.80. The maximum atomic E-state index is 11.7. The first kappa shape index (κ1) is 10.8. The average molecular weight is 343 g/mol. The predicted octanol–water partition coefficient (Wildman–Crippen LogP) is 0.966. The van der Waals surface area contributed by atoms with Crippen molar-refractivity contribution in [1.29, 1.82) is 0 Å². The molecule has 6 heteroatoms. The van der Waals surface area contributed by atoms with Crippen molar-refractivity contribution >= 4 is 42.6 Å². The lowest BCUT2D eigenvalue weighted by molar-refractivity contribution is -0.135. The minimum absolute atomic E-state index is 0.0342. The normalized spacial score (nSPS) is 22.9. The summed E-state index contributed by atoms with van der Waals surface area (Å²) in [6.45, 7) is 0. The molecule has 0 radical (unpaired) electrons. The van der Waals surface area contributed by atoms with Gasteiger partial charge in [-0.05, 0) is 20.6 Å². The highest BCUT2D eigenvalue weighted by Gasteiger charge is 2.29. The van der Waals surface area contributed by atoms with E-state index in [1.165, 1.54) is 0 Å². The van der Waals surface area contributed by atoms with Crippen molar-refractivity contribution in [3.63, 3.8) is 0 Å². The number of carbonyl (C=O) groups excluding carboxylic acids is 2. The first-order valence-electron chi connectivity index (χ1n) is 5.28. The summed E-state index contributed by atoms with van der Waals surface area (Å²) in [7, 11) is 0. The zero-order valence-corrected chi connectivity index (χ0v) is 11.0. The highest BCUT2D eigenvalue weighted by atomic mass is 127. The quantitative estimate of drug-likeness (QED) is 0.611. The molecule has 3 heterocycles. The van der Waals surface area contributed by atoms with Crippen LogP contribution in [0.1, 0.15) is 30.1 Å². The summed E-state index contributed by atoms with van der Waals surface area (Å²) < 4.78 is 5.98. The van der Waals surface area contributed by atoms with Crippen molar-refractivity contribution in [3.8, 4) is 0 Å². The molecule has 0 aliphatic carbocycles. The smallest absolute Gasteiger partial charge is 0.251 e. The van der Waals surface area contributed by atoms with Gasteiger partial charge >= 0.3 is 0 Å². The fourth-order valence-corrected chi connectivity index (χ4v) is 3.55. The van der Waals surface area contributed by atoms with Gasteiger partial charge in [-0.2, -0.15) is 5.10 Å². The Bertz CT molecular complexity index is 530. The summed E-state index contributed by atoms with van der Waals surface area (Å²) in [6.07, 6.45) is 4.85. The second kappa shape index (κ2) is 4.17. The van der Waals surface area contributed by atoms with Crippen molar-refractivity contribution in [2.45, 2.75) is 18.9 Å². The van der Waals surface area contributed by atoms with Gasteiger partial charge in [0.1, 0.15) is 6.04 Å². The number of nitrogens with zero attached hydrogens (tertiary/aromatic N) is 2. The fraction of sp³-hybridized carbons (Fsp3) is 0.273. The van der Waals surface area contributed by atoms with E-state index < -0.39 is 0 Å². The molecule has 1 atom stereocenters. The monoisotopic (exact) mass is 343 g/mol. The van der Waals surface area contributed by atoms with Crippen molar-refractivity contribution < 1.29 is 9.59 Å². The maximum Gasteiger partial charge on any atom is 0.251 e. The molecule has 88 valence electrons. The summed E-state index contributed by atoms with van der Waals surface area (Å²) in [5.74, 6) is -0.444. The number of hydrogen-bond donors (Lipinski definition) is 1. The van der Waals surface area contributed by atoms with Crippen LogP contribution in [0.2, 0.25) is 0 Å². The number of halogens is 1. The zero-order valence-electron chi connectivity index (χ0n) is 8.89. The lowest BCUT2D eigenvalue weighted by atomic mass is 10.1. The van der Waals surface area contributed by atoms with E-state index in [4.69, 9.17) is 0 Å². The van der Waals surface area contributed by atoms with Crippen LogP contribution >= 0.6 is 20.7 Å². The van der Waals surface area contributed by atoms with Crippen LogP contribution in [0.5, 0.6) is 0 Å². The van der Waals surface area contributed by atoms with Gasteiger partial charge in [0.25, 0.3) is 5.91 Å². The fourth-order valence-electron chi connectivity index (χ4n) is 1.93. The molecule has 3 rings (SSSR count). The first-order chi connectivity index (χ1) is 8.24. The number of aromatic nitrogens is 2. The van der Waals surface area contributed by atoms with Gasteiger partial charge in [-0.3, -0.25) is 19.6 Å². The molecule has 1 saturated heterocycles. The molecule has 0 saturated carbocycles. The number of piperidine rings is 1. The molecule has 5 nitrogen and oxygen atoms in total. The molecule has 0 aromatic carbocycles. The predicted molar refractivity (Wildman–Crippen MR) is 71.9 cm³/mol. The van der Waals surface area contributed by atoms with E-state index in [0.29, 0.717) is 12.8 Å². The number of nitrogens with one attached hydrogen (secondary N) is 1. The Labute approximate surface area is 108 Å².